The maximum Gasteiger partial charge on any atom is 0.321 e. The highest BCUT2D eigenvalue weighted by Gasteiger charge is 2.25. The minimum absolute atomic E-state index is 0.0628. The van der Waals surface area contributed by atoms with Crippen molar-refractivity contribution >= 4 is 16.0 Å². The normalized spacial score (nSPS) is 13.6. The zero-order chi connectivity index (χ0) is 12.3. The van der Waals surface area contributed by atoms with Crippen molar-refractivity contribution in [2.45, 2.75) is 24.4 Å². The average molecular weight is 247 g/mol. The molecule has 1 heterocycles. The van der Waals surface area contributed by atoms with Crippen LogP contribution in [0.2, 0.25) is 0 Å². The lowest BCUT2D eigenvalue weighted by Crippen LogP contribution is -2.40. The number of rotatable bonds is 5. The van der Waals surface area contributed by atoms with E-state index in [1.807, 2.05) is 0 Å². The molecule has 8 heteroatoms. The van der Waals surface area contributed by atoms with E-state index in [2.05, 4.69) is 9.82 Å². The summed E-state index contributed by atoms with van der Waals surface area (Å²) in [6.07, 6.45) is 1.50. The van der Waals surface area contributed by atoms with E-state index >= 15 is 0 Å². The van der Waals surface area contributed by atoms with E-state index in [9.17, 15) is 13.2 Å². The summed E-state index contributed by atoms with van der Waals surface area (Å²) in [5.41, 5.74) is 0. The summed E-state index contributed by atoms with van der Waals surface area (Å²) < 4.78 is 26.8. The summed E-state index contributed by atoms with van der Waals surface area (Å²) in [5.74, 6) is -1.20. The zero-order valence-electron chi connectivity index (χ0n) is 8.91. The number of hydrogen-bond donors (Lipinski definition) is 2. The third-order valence-electron chi connectivity index (χ3n) is 2.06. The topological polar surface area (TPSA) is 101 Å². The van der Waals surface area contributed by atoms with Crippen molar-refractivity contribution in [3.05, 3.63) is 12.3 Å². The van der Waals surface area contributed by atoms with Gasteiger partial charge in [-0.1, -0.05) is 6.92 Å². The Hall–Kier alpha value is -1.41. The fraction of sp³-hybridized carbons (Fsp3) is 0.500. The van der Waals surface area contributed by atoms with Gasteiger partial charge in [-0.25, -0.2) is 8.42 Å². The van der Waals surface area contributed by atoms with Gasteiger partial charge in [0.25, 0.3) is 10.0 Å². The maximum absolute atomic E-state index is 11.8. The Kier molecular flexibility index (Phi) is 3.66. The molecule has 0 bridgehead atoms. The highest BCUT2D eigenvalue weighted by atomic mass is 32.2. The Morgan fingerprint density at radius 1 is 1.69 bits per heavy atom. The quantitative estimate of drug-likeness (QED) is 0.734. The van der Waals surface area contributed by atoms with Crippen LogP contribution in [-0.4, -0.2) is 35.3 Å². The summed E-state index contributed by atoms with van der Waals surface area (Å²) >= 11 is 0. The number of sulfonamides is 1. The number of carboxylic acid groups (broad SMARTS) is 1. The molecule has 90 valence electrons. The van der Waals surface area contributed by atoms with Crippen molar-refractivity contribution < 1.29 is 18.3 Å². The Labute approximate surface area is 93.1 Å². The fourth-order valence-corrected chi connectivity index (χ4v) is 2.58. The SMILES string of the molecule is CC[C@H](NS(=O)(=O)c1ccnn1C)C(=O)O. The van der Waals surface area contributed by atoms with Crippen LogP contribution in [0.3, 0.4) is 0 Å². The largest absolute Gasteiger partial charge is 0.480 e. The number of aryl methyl sites for hydroxylation is 1. The molecule has 1 aromatic heterocycles. The van der Waals surface area contributed by atoms with Crippen LogP contribution < -0.4 is 4.72 Å². The van der Waals surface area contributed by atoms with Crippen molar-refractivity contribution in [2.24, 2.45) is 7.05 Å². The Morgan fingerprint density at radius 2 is 2.31 bits per heavy atom. The summed E-state index contributed by atoms with van der Waals surface area (Å²) in [7, 11) is -2.37. The molecule has 0 unspecified atom stereocenters. The highest BCUT2D eigenvalue weighted by Crippen LogP contribution is 2.07. The van der Waals surface area contributed by atoms with E-state index in [0.717, 1.165) is 4.68 Å². The molecule has 0 spiro atoms. The van der Waals surface area contributed by atoms with Gasteiger partial charge >= 0.3 is 5.97 Å². The first kappa shape index (κ1) is 12.7. The summed E-state index contributed by atoms with van der Waals surface area (Å²) in [4.78, 5) is 10.7. The predicted octanol–water partition coefficient (Wildman–Crippen LogP) is -0.438. The smallest absolute Gasteiger partial charge is 0.321 e. The second-order valence-corrected chi connectivity index (χ2v) is 4.87. The van der Waals surface area contributed by atoms with Crippen LogP contribution in [0.5, 0.6) is 0 Å². The fourth-order valence-electron chi connectivity index (χ4n) is 1.18. The molecule has 0 radical (unpaired) electrons. The Bertz CT molecular complexity index is 479. The molecule has 2 N–H and O–H groups in total. The van der Waals surface area contributed by atoms with Crippen molar-refractivity contribution in [3.63, 3.8) is 0 Å². The van der Waals surface area contributed by atoms with E-state index in [1.165, 1.54) is 19.3 Å². The molecule has 0 fully saturated rings. The molecule has 0 aromatic carbocycles. The number of carboxylic acids is 1. The van der Waals surface area contributed by atoms with Crippen molar-refractivity contribution in [1.29, 1.82) is 0 Å². The number of aromatic nitrogens is 2. The molecule has 0 saturated carbocycles. The number of hydrogen-bond acceptors (Lipinski definition) is 4. The van der Waals surface area contributed by atoms with E-state index in [4.69, 9.17) is 5.11 Å². The van der Waals surface area contributed by atoms with Gasteiger partial charge in [-0.15, -0.1) is 0 Å². The molecule has 1 atom stereocenters. The van der Waals surface area contributed by atoms with E-state index in [-0.39, 0.29) is 11.4 Å². The number of carbonyl (C=O) groups is 1. The summed E-state index contributed by atoms with van der Waals surface area (Å²) in [6, 6.07) is 0.177. The van der Waals surface area contributed by atoms with Gasteiger partial charge in [0.1, 0.15) is 6.04 Å². The Morgan fingerprint density at radius 3 is 2.69 bits per heavy atom. The van der Waals surface area contributed by atoms with Gasteiger partial charge in [0.15, 0.2) is 5.03 Å². The van der Waals surface area contributed by atoms with Crippen LogP contribution in [0.25, 0.3) is 0 Å². The number of aliphatic carboxylic acids is 1. The first-order chi connectivity index (χ1) is 7.38. The third kappa shape index (κ3) is 2.58. The van der Waals surface area contributed by atoms with Crippen LogP contribution in [-0.2, 0) is 21.9 Å². The average Bonchev–Trinajstić information content (AvgIpc) is 2.61. The molecule has 1 aromatic rings. The zero-order valence-corrected chi connectivity index (χ0v) is 9.73. The molecule has 16 heavy (non-hydrogen) atoms. The van der Waals surface area contributed by atoms with Gasteiger partial charge in [0.05, 0.1) is 6.20 Å². The monoisotopic (exact) mass is 247 g/mol. The maximum atomic E-state index is 11.8. The van der Waals surface area contributed by atoms with Crippen LogP contribution in [0.15, 0.2) is 17.3 Å². The molecule has 0 aliphatic heterocycles. The molecule has 0 aliphatic carbocycles. The highest BCUT2D eigenvalue weighted by molar-refractivity contribution is 7.89. The van der Waals surface area contributed by atoms with Gasteiger partial charge in [-0.05, 0) is 12.5 Å². The molecular weight excluding hydrogens is 234 g/mol. The molecule has 0 saturated heterocycles. The second kappa shape index (κ2) is 4.62. The van der Waals surface area contributed by atoms with Crippen molar-refractivity contribution in [2.75, 3.05) is 0 Å². The molecule has 0 amide bonds. The van der Waals surface area contributed by atoms with E-state index in [0.29, 0.717) is 0 Å². The van der Waals surface area contributed by atoms with Crippen LogP contribution in [0, 0.1) is 0 Å². The lowest BCUT2D eigenvalue weighted by Gasteiger charge is -2.12. The van der Waals surface area contributed by atoms with E-state index in [1.54, 1.807) is 6.92 Å². The van der Waals surface area contributed by atoms with Gasteiger partial charge in [-0.3, -0.25) is 9.48 Å². The van der Waals surface area contributed by atoms with Gasteiger partial charge < -0.3 is 5.11 Å². The van der Waals surface area contributed by atoms with Gasteiger partial charge in [0, 0.05) is 7.05 Å². The number of nitrogens with zero attached hydrogens (tertiary/aromatic N) is 2. The minimum Gasteiger partial charge on any atom is -0.480 e. The minimum atomic E-state index is -3.83. The Balaban J connectivity index is 2.97. The molecule has 0 aliphatic rings. The van der Waals surface area contributed by atoms with E-state index < -0.39 is 22.0 Å². The summed E-state index contributed by atoms with van der Waals surface area (Å²) in [6.45, 7) is 1.59. The molecule has 7 nitrogen and oxygen atoms in total. The van der Waals surface area contributed by atoms with Crippen molar-refractivity contribution in [3.8, 4) is 0 Å². The second-order valence-electron chi connectivity index (χ2n) is 3.21. The van der Waals surface area contributed by atoms with Crippen LogP contribution in [0.1, 0.15) is 13.3 Å². The molecule has 1 rings (SSSR count). The first-order valence-electron chi connectivity index (χ1n) is 4.61. The van der Waals surface area contributed by atoms with Gasteiger partial charge in [0.2, 0.25) is 0 Å². The van der Waals surface area contributed by atoms with Crippen LogP contribution in [0.4, 0.5) is 0 Å². The van der Waals surface area contributed by atoms with Crippen LogP contribution >= 0.6 is 0 Å². The lowest BCUT2D eigenvalue weighted by molar-refractivity contribution is -0.139. The van der Waals surface area contributed by atoms with Gasteiger partial charge in [-0.2, -0.15) is 9.82 Å². The molecular formula is C8H13N3O4S. The third-order valence-corrected chi connectivity index (χ3v) is 3.60. The standard InChI is InChI=1S/C8H13N3O4S/c1-3-6(8(12)13)10-16(14,15)7-4-5-9-11(7)2/h4-6,10H,3H2,1-2H3,(H,12,13)/t6-/m0/s1. The summed E-state index contributed by atoms with van der Waals surface area (Å²) in [5, 5.41) is 12.4. The lowest BCUT2D eigenvalue weighted by atomic mass is 10.2. The first-order valence-corrected chi connectivity index (χ1v) is 6.10. The predicted molar refractivity (Wildman–Crippen MR) is 55.2 cm³/mol. The number of nitrogens with one attached hydrogen (secondary N) is 1. The van der Waals surface area contributed by atoms with Crippen molar-refractivity contribution in [1.82, 2.24) is 14.5 Å².